The summed E-state index contributed by atoms with van der Waals surface area (Å²) in [6.07, 6.45) is 0. The third-order valence-corrected chi connectivity index (χ3v) is 25.4. The number of para-hydroxylation sites is 4. The Kier molecular flexibility index (Phi) is 10.9. The molecule has 0 bridgehead atoms. The normalized spacial score (nSPS) is 13.6. The highest BCUT2D eigenvalue weighted by molar-refractivity contribution is 7.06. The maximum absolute atomic E-state index is 2.60. The SMILES string of the molecule is C[Si]1(C)c2cc(-c3c4ccccc4c(N(c4ccccc4)c4ccccc4)c4ccccc34)ccc2-c2ccc3c4c(ccc1c24)[Si](C)(C)c1cc(-c2c4ccccc4c(N(c4ccccc4)c4ccccc4)c4ccccc24)ccc1-3. The average molecular weight is 1080 g/mol. The second-order valence-corrected chi connectivity index (χ2v) is 32.1. The van der Waals surface area contributed by atoms with Crippen LogP contribution in [0.4, 0.5) is 34.1 Å². The Bertz CT molecular complexity index is 4410. The van der Waals surface area contributed by atoms with Crippen LogP contribution in [0, 0.1) is 0 Å². The summed E-state index contributed by atoms with van der Waals surface area (Å²) in [6.45, 7) is 10.4. The van der Waals surface area contributed by atoms with E-state index in [1.165, 1.54) is 120 Å². The van der Waals surface area contributed by atoms with Gasteiger partial charge in [-0.25, -0.2) is 0 Å². The summed E-state index contributed by atoms with van der Waals surface area (Å²) in [5, 5.41) is 19.0. The Balaban J connectivity index is 0.853. The Hall–Kier alpha value is -9.59. The minimum absolute atomic E-state index is 1.13. The summed E-state index contributed by atoms with van der Waals surface area (Å²) in [7, 11) is -4.62. The fraction of sp³-hybridized carbons (Fsp3) is 0.0513. The van der Waals surface area contributed by atoms with Gasteiger partial charge >= 0.3 is 0 Å². The van der Waals surface area contributed by atoms with Gasteiger partial charge in [0.1, 0.15) is 16.1 Å². The van der Waals surface area contributed by atoms with Crippen LogP contribution in [0.25, 0.3) is 98.4 Å². The van der Waals surface area contributed by atoms with Gasteiger partial charge in [0.25, 0.3) is 0 Å². The van der Waals surface area contributed by atoms with Crippen LogP contribution in [-0.2, 0) is 0 Å². The number of nitrogens with zero attached hydrogens (tertiary/aromatic N) is 2. The molecular weight excluding hydrogens is 1020 g/mol. The summed E-state index contributed by atoms with van der Waals surface area (Å²) >= 11 is 0. The molecule has 0 fully saturated rings. The summed E-state index contributed by atoms with van der Waals surface area (Å²) < 4.78 is 0. The molecule has 0 atom stereocenters. The highest BCUT2D eigenvalue weighted by atomic mass is 28.3. The molecule has 0 N–H and O–H groups in total. The van der Waals surface area contributed by atoms with E-state index in [2.05, 4.69) is 315 Å². The molecule has 2 heterocycles. The molecule has 16 rings (SSSR count). The van der Waals surface area contributed by atoms with Gasteiger partial charge < -0.3 is 9.80 Å². The summed E-state index contributed by atoms with van der Waals surface area (Å²) in [6, 6.07) is 105. The summed E-state index contributed by atoms with van der Waals surface area (Å²) in [5.74, 6) is 0. The van der Waals surface area contributed by atoms with Gasteiger partial charge in [0.15, 0.2) is 0 Å². The smallest absolute Gasteiger partial charge is 0.113 e. The van der Waals surface area contributed by atoms with Crippen molar-refractivity contribution in [1.82, 2.24) is 0 Å². The van der Waals surface area contributed by atoms with E-state index in [4.69, 9.17) is 0 Å². The Morgan fingerprint density at radius 3 is 0.780 bits per heavy atom. The van der Waals surface area contributed by atoms with E-state index in [1.54, 1.807) is 10.4 Å². The molecule has 2 aliphatic heterocycles. The first kappa shape index (κ1) is 48.3. The van der Waals surface area contributed by atoms with Crippen LogP contribution in [0.15, 0.2) is 279 Å². The van der Waals surface area contributed by atoms with Crippen molar-refractivity contribution in [2.24, 2.45) is 0 Å². The molecule has 0 radical (unpaired) electrons. The molecule has 2 nitrogen and oxygen atoms in total. The second-order valence-electron chi connectivity index (χ2n) is 23.5. The van der Waals surface area contributed by atoms with Crippen molar-refractivity contribution >= 4 is 125 Å². The van der Waals surface area contributed by atoms with E-state index in [0.29, 0.717) is 0 Å². The van der Waals surface area contributed by atoms with Crippen molar-refractivity contribution in [1.29, 1.82) is 0 Å². The van der Waals surface area contributed by atoms with E-state index in [1.807, 2.05) is 0 Å². The van der Waals surface area contributed by atoms with E-state index < -0.39 is 16.1 Å². The molecule has 0 saturated carbocycles. The molecule has 0 unspecified atom stereocenters. The van der Waals surface area contributed by atoms with Crippen molar-refractivity contribution in [2.45, 2.75) is 26.2 Å². The monoisotopic (exact) mass is 1080 g/mol. The molecule has 0 amide bonds. The Morgan fingerprint density at radius 1 is 0.232 bits per heavy atom. The quantitative estimate of drug-likeness (QED) is 0.111. The molecule has 4 heteroatoms. The van der Waals surface area contributed by atoms with Crippen LogP contribution in [0.2, 0.25) is 26.2 Å². The lowest BCUT2D eigenvalue weighted by Crippen LogP contribution is -2.59. The topological polar surface area (TPSA) is 6.48 Å². The molecule has 0 spiro atoms. The van der Waals surface area contributed by atoms with E-state index in [-0.39, 0.29) is 0 Å². The minimum Gasteiger partial charge on any atom is -0.309 e. The zero-order valence-electron chi connectivity index (χ0n) is 46.5. The maximum atomic E-state index is 2.60. The van der Waals surface area contributed by atoms with Gasteiger partial charge in [-0.15, -0.1) is 0 Å². The van der Waals surface area contributed by atoms with Crippen LogP contribution in [-0.4, -0.2) is 16.1 Å². The van der Waals surface area contributed by atoms with E-state index in [9.17, 15) is 0 Å². The predicted octanol–water partition coefficient (Wildman–Crippen LogP) is 19.3. The first-order chi connectivity index (χ1) is 40.3. The third kappa shape index (κ3) is 7.11. The van der Waals surface area contributed by atoms with Crippen molar-refractivity contribution in [3.8, 4) is 44.5 Å². The number of hydrogen-bond acceptors (Lipinski definition) is 2. The fourth-order valence-corrected chi connectivity index (χ4v) is 20.8. The number of rotatable bonds is 8. The molecule has 82 heavy (non-hydrogen) atoms. The van der Waals surface area contributed by atoms with Gasteiger partial charge in [0, 0.05) is 44.3 Å². The van der Waals surface area contributed by atoms with Crippen LogP contribution >= 0.6 is 0 Å². The molecule has 388 valence electrons. The van der Waals surface area contributed by atoms with Gasteiger partial charge in [-0.3, -0.25) is 0 Å². The number of anilines is 6. The van der Waals surface area contributed by atoms with Crippen LogP contribution in [0.3, 0.4) is 0 Å². The number of hydrogen-bond donors (Lipinski definition) is 0. The highest BCUT2D eigenvalue weighted by Gasteiger charge is 2.42. The second kappa shape index (κ2) is 18.5. The van der Waals surface area contributed by atoms with Crippen molar-refractivity contribution in [3.05, 3.63) is 279 Å². The van der Waals surface area contributed by atoms with Crippen LogP contribution < -0.4 is 30.5 Å². The van der Waals surface area contributed by atoms with Gasteiger partial charge in [0.05, 0.1) is 11.4 Å². The lowest BCUT2D eigenvalue weighted by Gasteiger charge is -2.39. The lowest BCUT2D eigenvalue weighted by atomic mass is 9.87. The minimum atomic E-state index is -2.31. The number of fused-ring (bicyclic) bond motifs is 8. The molecule has 0 aliphatic carbocycles. The van der Waals surface area contributed by atoms with Crippen molar-refractivity contribution in [2.75, 3.05) is 9.80 Å². The molecule has 0 aromatic heterocycles. The molecule has 14 aromatic carbocycles. The van der Waals surface area contributed by atoms with Gasteiger partial charge in [-0.2, -0.15) is 0 Å². The molecular formula is C78H58N2Si2. The fourth-order valence-electron chi connectivity index (χ4n) is 14.6. The van der Waals surface area contributed by atoms with Gasteiger partial charge in [-0.05, 0) is 146 Å². The molecule has 2 aliphatic rings. The van der Waals surface area contributed by atoms with E-state index in [0.717, 1.165) is 22.7 Å². The Morgan fingerprint density at radius 2 is 0.488 bits per heavy atom. The largest absolute Gasteiger partial charge is 0.309 e. The average Bonchev–Trinajstić information content (AvgIpc) is 2.21. The summed E-state index contributed by atoms with van der Waals surface area (Å²) in [4.78, 5) is 4.89. The zero-order chi connectivity index (χ0) is 54.8. The highest BCUT2D eigenvalue weighted by Crippen LogP contribution is 2.51. The van der Waals surface area contributed by atoms with Gasteiger partial charge in [-0.1, -0.05) is 257 Å². The molecule has 14 aromatic rings. The predicted molar refractivity (Wildman–Crippen MR) is 359 cm³/mol. The van der Waals surface area contributed by atoms with Gasteiger partial charge in [0.2, 0.25) is 0 Å². The number of benzene rings is 14. The first-order valence-electron chi connectivity index (χ1n) is 28.8. The van der Waals surface area contributed by atoms with Crippen LogP contribution in [0.1, 0.15) is 0 Å². The van der Waals surface area contributed by atoms with Crippen molar-refractivity contribution in [3.63, 3.8) is 0 Å². The zero-order valence-corrected chi connectivity index (χ0v) is 48.5. The lowest BCUT2D eigenvalue weighted by molar-refractivity contribution is 1.31. The van der Waals surface area contributed by atoms with Crippen molar-refractivity contribution < 1.29 is 0 Å². The van der Waals surface area contributed by atoms with Crippen LogP contribution in [0.5, 0.6) is 0 Å². The summed E-state index contributed by atoms with van der Waals surface area (Å²) in [5.41, 5.74) is 17.6. The Labute approximate surface area is 481 Å². The third-order valence-electron chi connectivity index (χ3n) is 18.4. The molecule has 0 saturated heterocycles. The standard InChI is InChI=1S/C78H58N2Si2/c1-81(2)69-47-48-70-76-64(58-44-42-52(50-72(58)82(70,3)4)74-61-35-19-23-39-67(61)78(68-40-24-20-36-62(68)74)80(55-29-13-7-14-30-55)56-31-15-8-16-32-56)46-45-63(75(69)76)57-43-41-51(49-71(57)81)73-59-33-17-21-37-65(59)77(66-38-22-18-34-60(66)73)79(53-25-9-5-10-26-53)54-27-11-6-12-28-54/h5-50H,1-4H3. The maximum Gasteiger partial charge on any atom is 0.113 e. The van der Waals surface area contributed by atoms with E-state index >= 15 is 0 Å². The first-order valence-corrected chi connectivity index (χ1v) is 34.8.